The number of halogens is 3. The number of aliphatic hydroxyl groups is 1. The van der Waals surface area contributed by atoms with Crippen LogP contribution in [0.3, 0.4) is 0 Å². The summed E-state index contributed by atoms with van der Waals surface area (Å²) in [7, 11) is 0. The number of nitrogens with one attached hydrogen (secondary N) is 1. The number of benzene rings is 1. The van der Waals surface area contributed by atoms with Crippen LogP contribution in [0.1, 0.15) is 26.9 Å². The molecule has 0 spiro atoms. The van der Waals surface area contributed by atoms with Gasteiger partial charge in [0.25, 0.3) is 5.91 Å². The lowest BCUT2D eigenvalue weighted by atomic mass is 10.2. The molecule has 0 saturated carbocycles. The first-order valence-electron chi connectivity index (χ1n) is 6.62. The summed E-state index contributed by atoms with van der Waals surface area (Å²) in [4.78, 5) is 12.7. The molecule has 1 aromatic carbocycles. The van der Waals surface area contributed by atoms with Gasteiger partial charge in [0, 0.05) is 17.0 Å². The number of aryl methyl sites for hydroxylation is 1. The van der Waals surface area contributed by atoms with Crippen LogP contribution < -0.4 is 10.1 Å². The fraction of sp³-hybridized carbons (Fsp3) is 0.267. The zero-order valence-electron chi connectivity index (χ0n) is 12.1. The van der Waals surface area contributed by atoms with Gasteiger partial charge in [0.1, 0.15) is 11.9 Å². The van der Waals surface area contributed by atoms with Gasteiger partial charge in [-0.2, -0.15) is 0 Å². The molecular formula is C15H14F3NO3S. The van der Waals surface area contributed by atoms with E-state index in [9.17, 15) is 23.1 Å². The van der Waals surface area contributed by atoms with Crippen LogP contribution in [0.2, 0.25) is 0 Å². The van der Waals surface area contributed by atoms with Crippen molar-refractivity contribution in [3.05, 3.63) is 51.7 Å². The molecule has 2 rings (SSSR count). The first kappa shape index (κ1) is 17.3. The van der Waals surface area contributed by atoms with Gasteiger partial charge in [-0.25, -0.2) is 0 Å². The Bertz CT molecular complexity index is 667. The maximum Gasteiger partial charge on any atom is 0.573 e. The Morgan fingerprint density at radius 3 is 2.48 bits per heavy atom. The second kappa shape index (κ2) is 7.01. The van der Waals surface area contributed by atoms with Gasteiger partial charge >= 0.3 is 6.36 Å². The summed E-state index contributed by atoms with van der Waals surface area (Å²) in [5.74, 6) is -0.889. The molecule has 1 atom stereocenters. The number of aliphatic hydroxyl groups excluding tert-OH is 1. The molecule has 2 N–H and O–H groups in total. The van der Waals surface area contributed by atoms with Crippen LogP contribution in [0.15, 0.2) is 35.7 Å². The Labute approximate surface area is 134 Å². The summed E-state index contributed by atoms with van der Waals surface area (Å²) >= 11 is 1.39. The molecule has 23 heavy (non-hydrogen) atoms. The summed E-state index contributed by atoms with van der Waals surface area (Å²) in [5, 5.41) is 14.4. The van der Waals surface area contributed by atoms with E-state index in [-0.39, 0.29) is 12.1 Å². The molecule has 1 heterocycles. The van der Waals surface area contributed by atoms with Gasteiger partial charge in [-0.15, -0.1) is 24.5 Å². The monoisotopic (exact) mass is 345 g/mol. The van der Waals surface area contributed by atoms with Crippen molar-refractivity contribution in [2.24, 2.45) is 0 Å². The molecule has 0 aliphatic heterocycles. The Balaban J connectivity index is 1.92. The molecular weight excluding hydrogens is 331 g/mol. The lowest BCUT2D eigenvalue weighted by molar-refractivity contribution is -0.274. The van der Waals surface area contributed by atoms with Crippen molar-refractivity contribution in [1.29, 1.82) is 0 Å². The predicted molar refractivity (Wildman–Crippen MR) is 79.5 cm³/mol. The average Bonchev–Trinajstić information content (AvgIpc) is 2.90. The normalized spacial score (nSPS) is 12.7. The Morgan fingerprint density at radius 1 is 1.30 bits per heavy atom. The van der Waals surface area contributed by atoms with E-state index in [1.807, 2.05) is 18.4 Å². The fourth-order valence-corrected chi connectivity index (χ4v) is 2.83. The number of carbonyl (C=O) groups excluding carboxylic acids is 1. The highest BCUT2D eigenvalue weighted by atomic mass is 32.1. The molecule has 0 radical (unpaired) electrons. The number of rotatable bonds is 5. The Kier molecular flexibility index (Phi) is 5.27. The van der Waals surface area contributed by atoms with Crippen LogP contribution in [-0.4, -0.2) is 23.9 Å². The van der Waals surface area contributed by atoms with Crippen molar-refractivity contribution < 1.29 is 27.8 Å². The SMILES string of the molecule is Cc1ccsc1[C@H](O)CNC(=O)c1ccc(OC(F)(F)F)cc1. The van der Waals surface area contributed by atoms with Crippen LogP contribution in [-0.2, 0) is 0 Å². The Morgan fingerprint density at radius 2 is 1.96 bits per heavy atom. The number of thiophene rings is 1. The lowest BCUT2D eigenvalue weighted by Gasteiger charge is -2.12. The number of hydrogen-bond donors (Lipinski definition) is 2. The van der Waals surface area contributed by atoms with Crippen molar-refractivity contribution in [3.8, 4) is 5.75 Å². The number of alkyl halides is 3. The van der Waals surface area contributed by atoms with Crippen LogP contribution in [0.5, 0.6) is 5.75 Å². The average molecular weight is 345 g/mol. The quantitative estimate of drug-likeness (QED) is 0.873. The largest absolute Gasteiger partial charge is 0.573 e. The van der Waals surface area contributed by atoms with E-state index in [4.69, 9.17) is 0 Å². The molecule has 0 aliphatic rings. The van der Waals surface area contributed by atoms with E-state index in [1.165, 1.54) is 23.5 Å². The minimum Gasteiger partial charge on any atom is -0.406 e. The van der Waals surface area contributed by atoms with E-state index in [2.05, 4.69) is 10.1 Å². The third-order valence-corrected chi connectivity index (χ3v) is 4.13. The zero-order chi connectivity index (χ0) is 17.0. The van der Waals surface area contributed by atoms with Gasteiger partial charge in [0.15, 0.2) is 0 Å². The van der Waals surface area contributed by atoms with Crippen molar-refractivity contribution >= 4 is 17.2 Å². The summed E-state index contributed by atoms with van der Waals surface area (Å²) in [6.07, 6.45) is -5.60. The third kappa shape index (κ3) is 4.97. The first-order chi connectivity index (χ1) is 10.8. The lowest BCUT2D eigenvalue weighted by Crippen LogP contribution is -2.28. The summed E-state index contributed by atoms with van der Waals surface area (Å²) in [6, 6.07) is 6.42. The molecule has 1 amide bonds. The smallest absolute Gasteiger partial charge is 0.406 e. The molecule has 0 aliphatic carbocycles. The minimum absolute atomic E-state index is 0.0149. The predicted octanol–water partition coefficient (Wildman–Crippen LogP) is 3.42. The van der Waals surface area contributed by atoms with Crippen molar-refractivity contribution in [2.75, 3.05) is 6.54 Å². The maximum absolute atomic E-state index is 12.0. The van der Waals surface area contributed by atoms with Crippen LogP contribution in [0.25, 0.3) is 0 Å². The maximum atomic E-state index is 12.0. The molecule has 0 bridgehead atoms. The molecule has 0 fully saturated rings. The summed E-state index contributed by atoms with van der Waals surface area (Å²) in [6.45, 7) is 1.87. The van der Waals surface area contributed by atoms with Crippen molar-refractivity contribution in [2.45, 2.75) is 19.4 Å². The van der Waals surface area contributed by atoms with Crippen LogP contribution in [0.4, 0.5) is 13.2 Å². The third-order valence-electron chi connectivity index (χ3n) is 3.01. The summed E-state index contributed by atoms with van der Waals surface area (Å²) in [5.41, 5.74) is 1.11. The first-order valence-corrected chi connectivity index (χ1v) is 7.50. The van der Waals surface area contributed by atoms with Crippen LogP contribution in [0, 0.1) is 6.92 Å². The van der Waals surface area contributed by atoms with E-state index in [1.54, 1.807) is 0 Å². The number of carbonyl (C=O) groups is 1. The van der Waals surface area contributed by atoms with Gasteiger partial charge in [-0.05, 0) is 48.2 Å². The molecule has 4 nitrogen and oxygen atoms in total. The minimum atomic E-state index is -4.77. The Hall–Kier alpha value is -2.06. The molecule has 0 saturated heterocycles. The topological polar surface area (TPSA) is 58.6 Å². The fourth-order valence-electron chi connectivity index (χ4n) is 1.92. The highest BCUT2D eigenvalue weighted by molar-refractivity contribution is 7.10. The van der Waals surface area contributed by atoms with Crippen molar-refractivity contribution in [3.63, 3.8) is 0 Å². The molecule has 1 aromatic heterocycles. The molecule has 124 valence electrons. The van der Waals surface area contributed by atoms with E-state index in [0.717, 1.165) is 22.6 Å². The standard InChI is InChI=1S/C15H14F3NO3S/c1-9-6-7-23-13(9)12(20)8-19-14(21)10-2-4-11(5-3-10)22-15(16,17)18/h2-7,12,20H,8H2,1H3,(H,19,21)/t12-/m1/s1. The van der Waals surface area contributed by atoms with Gasteiger partial charge in [-0.3, -0.25) is 4.79 Å². The van der Waals surface area contributed by atoms with E-state index < -0.39 is 24.1 Å². The van der Waals surface area contributed by atoms with Gasteiger partial charge in [-0.1, -0.05) is 0 Å². The zero-order valence-corrected chi connectivity index (χ0v) is 12.9. The highest BCUT2D eigenvalue weighted by Gasteiger charge is 2.31. The van der Waals surface area contributed by atoms with Gasteiger partial charge < -0.3 is 15.2 Å². The van der Waals surface area contributed by atoms with E-state index in [0.29, 0.717) is 0 Å². The number of hydrogen-bond acceptors (Lipinski definition) is 4. The number of ether oxygens (including phenoxy) is 1. The van der Waals surface area contributed by atoms with Gasteiger partial charge in [0.2, 0.25) is 0 Å². The highest BCUT2D eigenvalue weighted by Crippen LogP contribution is 2.24. The van der Waals surface area contributed by atoms with Crippen molar-refractivity contribution in [1.82, 2.24) is 5.32 Å². The molecule has 8 heteroatoms. The second-order valence-corrected chi connectivity index (χ2v) is 5.71. The van der Waals surface area contributed by atoms with Gasteiger partial charge in [0.05, 0.1) is 0 Å². The van der Waals surface area contributed by atoms with Crippen LogP contribution >= 0.6 is 11.3 Å². The molecule has 2 aromatic rings. The van der Waals surface area contributed by atoms with E-state index >= 15 is 0 Å². The number of amides is 1. The summed E-state index contributed by atoms with van der Waals surface area (Å²) < 4.78 is 39.9. The molecule has 0 unspecified atom stereocenters. The second-order valence-electron chi connectivity index (χ2n) is 4.77.